The molecule has 0 aromatic carbocycles. The molecule has 2 nitrogen and oxygen atoms in total. The molecule has 1 aliphatic heterocycles. The first-order valence-corrected chi connectivity index (χ1v) is 3.61. The van der Waals surface area contributed by atoms with E-state index < -0.39 is 5.60 Å². The molecule has 0 amide bonds. The van der Waals surface area contributed by atoms with E-state index in [1.54, 1.807) is 0 Å². The lowest BCUT2D eigenvalue weighted by molar-refractivity contribution is 0.0225. The second-order valence-electron chi connectivity index (χ2n) is 3.01. The van der Waals surface area contributed by atoms with Gasteiger partial charge in [0, 0.05) is 0 Å². The molecular weight excluding hydrogens is 128 g/mol. The van der Waals surface area contributed by atoms with Crippen LogP contribution < -0.4 is 0 Å². The summed E-state index contributed by atoms with van der Waals surface area (Å²) in [5, 5.41) is 9.61. The van der Waals surface area contributed by atoms with E-state index in [1.807, 2.05) is 13.0 Å². The fraction of sp³-hybridized carbons (Fsp3) is 0.750. The fourth-order valence-corrected chi connectivity index (χ4v) is 0.962. The number of aliphatic hydroxyl groups is 1. The van der Waals surface area contributed by atoms with Crippen molar-refractivity contribution in [2.75, 3.05) is 6.61 Å². The predicted molar refractivity (Wildman–Crippen MR) is 39.8 cm³/mol. The Bertz CT molecular complexity index is 125. The molecule has 0 unspecified atom stereocenters. The molecule has 0 radical (unpaired) electrons. The molecule has 58 valence electrons. The number of hydrogen-bond acceptors (Lipinski definition) is 2. The van der Waals surface area contributed by atoms with Crippen LogP contribution in [-0.4, -0.2) is 23.4 Å². The largest absolute Gasteiger partial charge is 0.387 e. The van der Waals surface area contributed by atoms with E-state index in [2.05, 4.69) is 6.58 Å². The van der Waals surface area contributed by atoms with Crippen LogP contribution in [0.2, 0.25) is 0 Å². The maximum absolute atomic E-state index is 9.61. The number of ether oxygens (including phenoxy) is 1. The Labute approximate surface area is 61.5 Å². The van der Waals surface area contributed by atoms with Crippen LogP contribution >= 0.6 is 0 Å². The molecule has 0 saturated carbocycles. The molecule has 1 N–H and O–H groups in total. The van der Waals surface area contributed by atoms with Crippen LogP contribution in [0.1, 0.15) is 19.8 Å². The average Bonchev–Trinajstić information content (AvgIpc) is 2.64. The van der Waals surface area contributed by atoms with Crippen LogP contribution in [0.25, 0.3) is 0 Å². The van der Waals surface area contributed by atoms with Gasteiger partial charge < -0.3 is 9.84 Å². The summed E-state index contributed by atoms with van der Waals surface area (Å²) in [6.07, 6.45) is 3.50. The quantitative estimate of drug-likeness (QED) is 0.471. The number of rotatable bonds is 4. The summed E-state index contributed by atoms with van der Waals surface area (Å²) >= 11 is 0. The molecule has 2 heteroatoms. The number of allylic oxidation sites excluding steroid dienone is 1. The van der Waals surface area contributed by atoms with Crippen molar-refractivity contribution < 1.29 is 9.84 Å². The smallest absolute Gasteiger partial charge is 0.109 e. The van der Waals surface area contributed by atoms with E-state index in [1.165, 1.54) is 0 Å². The second-order valence-corrected chi connectivity index (χ2v) is 3.01. The monoisotopic (exact) mass is 142 g/mol. The topological polar surface area (TPSA) is 32.8 Å². The zero-order valence-corrected chi connectivity index (χ0v) is 6.34. The number of hydrogen-bond donors (Lipinski definition) is 1. The Hall–Kier alpha value is -0.340. The minimum atomic E-state index is -0.631. The van der Waals surface area contributed by atoms with Gasteiger partial charge in [-0.15, -0.1) is 6.58 Å². The number of epoxide rings is 1. The van der Waals surface area contributed by atoms with Gasteiger partial charge in [-0.1, -0.05) is 6.08 Å². The minimum Gasteiger partial charge on any atom is -0.387 e. The molecule has 0 aromatic rings. The van der Waals surface area contributed by atoms with Crippen molar-refractivity contribution >= 4 is 0 Å². The Balaban J connectivity index is 2.27. The fourth-order valence-electron chi connectivity index (χ4n) is 0.962. The summed E-state index contributed by atoms with van der Waals surface area (Å²) in [5.41, 5.74) is -0.631. The van der Waals surface area contributed by atoms with Gasteiger partial charge in [0.05, 0.1) is 12.2 Å². The van der Waals surface area contributed by atoms with Gasteiger partial charge in [0.2, 0.25) is 0 Å². The molecule has 1 heterocycles. The predicted octanol–water partition coefficient (Wildman–Crippen LogP) is 1.10. The van der Waals surface area contributed by atoms with Crippen molar-refractivity contribution in [2.45, 2.75) is 31.5 Å². The lowest BCUT2D eigenvalue weighted by atomic mass is 9.97. The second kappa shape index (κ2) is 2.72. The van der Waals surface area contributed by atoms with Crippen LogP contribution in [0.15, 0.2) is 12.7 Å². The third-order valence-electron chi connectivity index (χ3n) is 1.88. The van der Waals surface area contributed by atoms with Crippen LogP contribution in [0, 0.1) is 0 Å². The molecule has 0 aliphatic carbocycles. The molecule has 1 rings (SSSR count). The molecule has 0 aromatic heterocycles. The molecule has 0 spiro atoms. The van der Waals surface area contributed by atoms with Gasteiger partial charge in [-0.2, -0.15) is 0 Å². The van der Waals surface area contributed by atoms with Crippen molar-refractivity contribution in [1.82, 2.24) is 0 Å². The first-order chi connectivity index (χ1) is 4.67. The van der Waals surface area contributed by atoms with Gasteiger partial charge in [0.25, 0.3) is 0 Å². The van der Waals surface area contributed by atoms with Crippen molar-refractivity contribution in [3.8, 4) is 0 Å². The van der Waals surface area contributed by atoms with Crippen molar-refractivity contribution in [3.63, 3.8) is 0 Å². The van der Waals surface area contributed by atoms with Gasteiger partial charge in [0.1, 0.15) is 6.10 Å². The lowest BCUT2D eigenvalue weighted by Crippen LogP contribution is -2.30. The van der Waals surface area contributed by atoms with E-state index >= 15 is 0 Å². The van der Waals surface area contributed by atoms with Crippen LogP contribution in [-0.2, 0) is 4.74 Å². The summed E-state index contributed by atoms with van der Waals surface area (Å²) in [5.74, 6) is 0. The standard InChI is InChI=1S/C8H14O2/c1-3-4-5-8(2,9)7-6-10-7/h3,7,9H,1,4-6H2,2H3/t7-,8-/m1/s1. The molecule has 1 saturated heterocycles. The molecule has 1 fully saturated rings. The van der Waals surface area contributed by atoms with Crippen molar-refractivity contribution in [1.29, 1.82) is 0 Å². The summed E-state index contributed by atoms with van der Waals surface area (Å²) in [6, 6.07) is 0. The summed E-state index contributed by atoms with van der Waals surface area (Å²) in [7, 11) is 0. The third-order valence-corrected chi connectivity index (χ3v) is 1.88. The molecule has 0 bridgehead atoms. The van der Waals surface area contributed by atoms with Crippen LogP contribution in [0.3, 0.4) is 0 Å². The lowest BCUT2D eigenvalue weighted by Gasteiger charge is -2.19. The molecular formula is C8H14O2. The van der Waals surface area contributed by atoms with Crippen LogP contribution in [0.5, 0.6) is 0 Å². The van der Waals surface area contributed by atoms with E-state index in [0.29, 0.717) is 6.61 Å². The average molecular weight is 142 g/mol. The summed E-state index contributed by atoms with van der Waals surface area (Å²) in [4.78, 5) is 0. The highest BCUT2D eigenvalue weighted by molar-refractivity contribution is 4.91. The highest BCUT2D eigenvalue weighted by Crippen LogP contribution is 2.28. The normalized spacial score (nSPS) is 29.2. The van der Waals surface area contributed by atoms with Crippen LogP contribution in [0.4, 0.5) is 0 Å². The zero-order valence-electron chi connectivity index (χ0n) is 6.34. The molecule has 10 heavy (non-hydrogen) atoms. The minimum absolute atomic E-state index is 0.0763. The maximum atomic E-state index is 9.61. The zero-order chi connectivity index (χ0) is 7.61. The Morgan fingerprint density at radius 3 is 2.90 bits per heavy atom. The highest BCUT2D eigenvalue weighted by atomic mass is 16.6. The summed E-state index contributed by atoms with van der Waals surface area (Å²) in [6.45, 7) is 6.12. The van der Waals surface area contributed by atoms with Gasteiger partial charge >= 0.3 is 0 Å². The Morgan fingerprint density at radius 1 is 1.90 bits per heavy atom. The molecule has 1 aliphatic rings. The van der Waals surface area contributed by atoms with Crippen molar-refractivity contribution in [3.05, 3.63) is 12.7 Å². The first-order valence-electron chi connectivity index (χ1n) is 3.61. The van der Waals surface area contributed by atoms with E-state index in [0.717, 1.165) is 12.8 Å². The van der Waals surface area contributed by atoms with Gasteiger partial charge in [0.15, 0.2) is 0 Å². The SMILES string of the molecule is C=CCC[C@@](C)(O)[C@H]1CO1. The first kappa shape index (κ1) is 7.76. The van der Waals surface area contributed by atoms with E-state index in [9.17, 15) is 5.11 Å². The van der Waals surface area contributed by atoms with Gasteiger partial charge in [-0.3, -0.25) is 0 Å². The molecule has 2 atom stereocenters. The van der Waals surface area contributed by atoms with E-state index in [-0.39, 0.29) is 6.10 Å². The maximum Gasteiger partial charge on any atom is 0.109 e. The van der Waals surface area contributed by atoms with Gasteiger partial charge in [-0.05, 0) is 19.8 Å². The Morgan fingerprint density at radius 2 is 2.50 bits per heavy atom. The highest BCUT2D eigenvalue weighted by Gasteiger charge is 2.40. The van der Waals surface area contributed by atoms with Crippen molar-refractivity contribution in [2.24, 2.45) is 0 Å². The van der Waals surface area contributed by atoms with E-state index in [4.69, 9.17) is 4.74 Å². The van der Waals surface area contributed by atoms with Gasteiger partial charge in [-0.25, -0.2) is 0 Å². The Kier molecular flexibility index (Phi) is 2.11. The third kappa shape index (κ3) is 1.82. The summed E-state index contributed by atoms with van der Waals surface area (Å²) < 4.78 is 4.99.